The molecule has 0 aliphatic carbocycles. The Morgan fingerprint density at radius 3 is 2.47 bits per heavy atom. The van der Waals surface area contributed by atoms with Crippen molar-refractivity contribution >= 4 is 21.9 Å². The number of hydrogen-bond acceptors (Lipinski definition) is 4. The van der Waals surface area contributed by atoms with Crippen LogP contribution in [0.1, 0.15) is 13.8 Å². The predicted molar refractivity (Wildman–Crippen MR) is 76.7 cm³/mol. The van der Waals surface area contributed by atoms with Crippen molar-refractivity contribution in [1.29, 1.82) is 0 Å². The average Bonchev–Trinajstić information content (AvgIpc) is 2.40. The topological polar surface area (TPSA) is 44.8 Å². The van der Waals surface area contributed by atoms with E-state index in [2.05, 4.69) is 15.9 Å². The Bertz CT molecular complexity index is 443. The van der Waals surface area contributed by atoms with Crippen molar-refractivity contribution in [2.45, 2.75) is 13.8 Å². The number of para-hydroxylation sites is 2. The van der Waals surface area contributed by atoms with Crippen LogP contribution in [0.5, 0.6) is 11.5 Å². The van der Waals surface area contributed by atoms with Gasteiger partial charge in [0, 0.05) is 0 Å². The molecule has 1 aromatic rings. The van der Waals surface area contributed by atoms with Gasteiger partial charge in [0.25, 0.3) is 0 Å². The van der Waals surface area contributed by atoms with Crippen molar-refractivity contribution in [3.8, 4) is 11.5 Å². The summed E-state index contributed by atoms with van der Waals surface area (Å²) < 4.78 is 15.9. The third kappa shape index (κ3) is 5.34. The Hall–Kier alpha value is -1.49. The molecule has 1 rings (SSSR count). The van der Waals surface area contributed by atoms with Crippen LogP contribution in [0.4, 0.5) is 0 Å². The molecule has 0 fully saturated rings. The van der Waals surface area contributed by atoms with E-state index in [0.717, 1.165) is 0 Å². The molecule has 0 N–H and O–H groups in total. The molecular formula is C14H17BrO4. The minimum Gasteiger partial charge on any atom is -0.490 e. The van der Waals surface area contributed by atoms with E-state index in [1.54, 1.807) is 13.0 Å². The van der Waals surface area contributed by atoms with Gasteiger partial charge in [0.15, 0.2) is 11.5 Å². The Morgan fingerprint density at radius 2 is 1.89 bits per heavy atom. The summed E-state index contributed by atoms with van der Waals surface area (Å²) in [6, 6.07) is 7.30. The van der Waals surface area contributed by atoms with Crippen molar-refractivity contribution < 1.29 is 19.0 Å². The number of hydrogen-bond donors (Lipinski definition) is 0. The number of carbonyl (C=O) groups is 1. The van der Waals surface area contributed by atoms with Gasteiger partial charge in [-0.2, -0.15) is 0 Å². The number of esters is 1. The molecule has 4 nitrogen and oxygen atoms in total. The zero-order chi connectivity index (χ0) is 14.1. The predicted octanol–water partition coefficient (Wildman–Crippen LogP) is 3.31. The third-order valence-electron chi connectivity index (χ3n) is 2.09. The van der Waals surface area contributed by atoms with Gasteiger partial charge >= 0.3 is 5.97 Å². The van der Waals surface area contributed by atoms with E-state index in [9.17, 15) is 4.79 Å². The molecule has 0 amide bonds. The molecule has 0 unspecified atom stereocenters. The fraction of sp³-hybridized carbons (Fsp3) is 0.357. The Balaban J connectivity index is 2.83. The summed E-state index contributed by atoms with van der Waals surface area (Å²) in [6.07, 6.45) is 1.32. The standard InChI is InChI=1S/C14H17BrO4/c1-3-17-12-7-5-6-8-13(12)19-11(10-15)9-14(16)18-4-2/h5-9H,3-4,10H2,1-2H3/b11-9-. The molecule has 0 radical (unpaired) electrons. The molecule has 0 aliphatic heterocycles. The molecule has 0 aliphatic rings. The molecule has 0 spiro atoms. The van der Waals surface area contributed by atoms with E-state index in [-0.39, 0.29) is 0 Å². The van der Waals surface area contributed by atoms with E-state index in [1.165, 1.54) is 6.08 Å². The number of ether oxygens (including phenoxy) is 3. The highest BCUT2D eigenvalue weighted by molar-refractivity contribution is 9.09. The molecule has 0 saturated carbocycles. The molecule has 5 heteroatoms. The lowest BCUT2D eigenvalue weighted by Gasteiger charge is -2.12. The van der Waals surface area contributed by atoms with E-state index in [1.807, 2.05) is 25.1 Å². The second-order valence-corrected chi connectivity index (χ2v) is 4.04. The van der Waals surface area contributed by atoms with Gasteiger partial charge in [0.2, 0.25) is 0 Å². The van der Waals surface area contributed by atoms with Crippen molar-refractivity contribution in [3.63, 3.8) is 0 Å². The van der Waals surface area contributed by atoms with Gasteiger partial charge in [-0.25, -0.2) is 4.79 Å². The van der Waals surface area contributed by atoms with Crippen molar-refractivity contribution in [3.05, 3.63) is 36.1 Å². The first-order chi connectivity index (χ1) is 9.21. The zero-order valence-corrected chi connectivity index (χ0v) is 12.6. The monoisotopic (exact) mass is 328 g/mol. The number of allylic oxidation sites excluding steroid dienone is 1. The van der Waals surface area contributed by atoms with E-state index >= 15 is 0 Å². The molecule has 0 heterocycles. The maximum Gasteiger partial charge on any atom is 0.334 e. The lowest BCUT2D eigenvalue weighted by Crippen LogP contribution is -2.06. The highest BCUT2D eigenvalue weighted by Gasteiger charge is 2.08. The smallest absolute Gasteiger partial charge is 0.334 e. The third-order valence-corrected chi connectivity index (χ3v) is 2.64. The van der Waals surface area contributed by atoms with Crippen LogP contribution in [-0.4, -0.2) is 24.5 Å². The first-order valence-corrected chi connectivity index (χ1v) is 7.16. The Labute approximate surface area is 121 Å². The van der Waals surface area contributed by atoms with Crippen LogP contribution in [0.15, 0.2) is 36.1 Å². The highest BCUT2D eigenvalue weighted by Crippen LogP contribution is 2.28. The van der Waals surface area contributed by atoms with E-state index in [4.69, 9.17) is 14.2 Å². The van der Waals surface area contributed by atoms with Crippen molar-refractivity contribution in [2.24, 2.45) is 0 Å². The van der Waals surface area contributed by atoms with E-state index < -0.39 is 5.97 Å². The van der Waals surface area contributed by atoms with Crippen LogP contribution >= 0.6 is 15.9 Å². The molecule has 0 aromatic heterocycles. The normalized spacial score (nSPS) is 11.0. The fourth-order valence-corrected chi connectivity index (χ4v) is 1.64. The van der Waals surface area contributed by atoms with Crippen LogP contribution < -0.4 is 9.47 Å². The Morgan fingerprint density at radius 1 is 1.21 bits per heavy atom. The van der Waals surface area contributed by atoms with Crippen LogP contribution in [0, 0.1) is 0 Å². The van der Waals surface area contributed by atoms with Crippen LogP contribution in [0.2, 0.25) is 0 Å². The lowest BCUT2D eigenvalue weighted by atomic mass is 10.3. The summed E-state index contributed by atoms with van der Waals surface area (Å²) in [6.45, 7) is 4.54. The van der Waals surface area contributed by atoms with Crippen LogP contribution in [0.25, 0.3) is 0 Å². The van der Waals surface area contributed by atoms with Gasteiger partial charge in [0.1, 0.15) is 5.76 Å². The summed E-state index contributed by atoms with van der Waals surface area (Å²) in [5, 5.41) is 0.409. The molecular weight excluding hydrogens is 312 g/mol. The summed E-state index contributed by atoms with van der Waals surface area (Å²) in [5.41, 5.74) is 0. The number of carbonyl (C=O) groups excluding carboxylic acids is 1. The average molecular weight is 329 g/mol. The largest absolute Gasteiger partial charge is 0.490 e. The number of rotatable bonds is 7. The molecule has 19 heavy (non-hydrogen) atoms. The minimum atomic E-state index is -0.425. The summed E-state index contributed by atoms with van der Waals surface area (Å²) in [4.78, 5) is 11.4. The highest BCUT2D eigenvalue weighted by atomic mass is 79.9. The summed E-state index contributed by atoms with van der Waals surface area (Å²) in [7, 11) is 0. The second kappa shape index (κ2) is 8.58. The van der Waals surface area contributed by atoms with Gasteiger partial charge in [-0.15, -0.1) is 0 Å². The maximum absolute atomic E-state index is 11.4. The zero-order valence-electron chi connectivity index (χ0n) is 11.0. The molecule has 0 saturated heterocycles. The second-order valence-electron chi connectivity index (χ2n) is 3.48. The lowest BCUT2D eigenvalue weighted by molar-refractivity contribution is -0.137. The van der Waals surface area contributed by atoms with E-state index in [0.29, 0.717) is 35.8 Å². The maximum atomic E-state index is 11.4. The van der Waals surface area contributed by atoms with Gasteiger partial charge in [0.05, 0.1) is 24.6 Å². The van der Waals surface area contributed by atoms with Gasteiger partial charge in [-0.1, -0.05) is 28.1 Å². The Kier molecular flexibility index (Phi) is 7.03. The van der Waals surface area contributed by atoms with Gasteiger partial charge < -0.3 is 14.2 Å². The molecule has 0 bridgehead atoms. The van der Waals surface area contributed by atoms with Crippen LogP contribution in [-0.2, 0) is 9.53 Å². The first-order valence-electron chi connectivity index (χ1n) is 6.04. The summed E-state index contributed by atoms with van der Waals surface area (Å²) in [5.74, 6) is 1.25. The SMILES string of the molecule is CCOC(=O)/C=C(/CBr)Oc1ccccc1OCC. The number of halogens is 1. The van der Waals surface area contributed by atoms with Crippen LogP contribution in [0.3, 0.4) is 0 Å². The fourth-order valence-electron chi connectivity index (χ4n) is 1.36. The van der Waals surface area contributed by atoms with Gasteiger partial charge in [-0.3, -0.25) is 0 Å². The molecule has 104 valence electrons. The van der Waals surface area contributed by atoms with Gasteiger partial charge in [-0.05, 0) is 26.0 Å². The quantitative estimate of drug-likeness (QED) is 0.333. The van der Waals surface area contributed by atoms with Crippen molar-refractivity contribution in [1.82, 2.24) is 0 Å². The summed E-state index contributed by atoms with van der Waals surface area (Å²) >= 11 is 3.27. The molecule has 0 atom stereocenters. The molecule has 1 aromatic carbocycles. The van der Waals surface area contributed by atoms with Crippen molar-refractivity contribution in [2.75, 3.05) is 18.5 Å². The first kappa shape index (κ1) is 15.6. The minimum absolute atomic E-state index is 0.334. The number of benzene rings is 1. The number of alkyl halides is 1.